The minimum atomic E-state index is 0.283. The highest BCUT2D eigenvalue weighted by molar-refractivity contribution is 5.53. The van der Waals surface area contributed by atoms with Crippen LogP contribution >= 0.6 is 0 Å². The van der Waals surface area contributed by atoms with Crippen LogP contribution in [-0.4, -0.2) is 10.2 Å². The van der Waals surface area contributed by atoms with Gasteiger partial charge in [0.15, 0.2) is 0 Å². The molecule has 0 saturated carbocycles. The molecule has 0 aliphatic heterocycles. The van der Waals surface area contributed by atoms with Crippen molar-refractivity contribution < 1.29 is 0 Å². The van der Waals surface area contributed by atoms with Gasteiger partial charge in [0.05, 0.1) is 17.1 Å². The molecule has 1 heterocycles. The number of nitrogens with zero attached hydrogens (tertiary/aromatic N) is 1. The second-order valence-electron chi connectivity index (χ2n) is 4.77. The molecule has 1 aromatic heterocycles. The molecule has 0 fully saturated rings. The first kappa shape index (κ1) is 12.7. The van der Waals surface area contributed by atoms with E-state index < -0.39 is 0 Å². The van der Waals surface area contributed by atoms with E-state index in [0.29, 0.717) is 0 Å². The van der Waals surface area contributed by atoms with Crippen LogP contribution in [-0.2, 0) is 6.42 Å². The molecule has 1 unspecified atom stereocenters. The van der Waals surface area contributed by atoms with Crippen LogP contribution in [0, 0.1) is 13.8 Å². The Morgan fingerprint density at radius 1 is 1.22 bits per heavy atom. The minimum Gasteiger partial charge on any atom is -0.376 e. The van der Waals surface area contributed by atoms with Gasteiger partial charge in [-0.15, -0.1) is 0 Å². The van der Waals surface area contributed by atoms with Gasteiger partial charge in [-0.3, -0.25) is 5.10 Å². The van der Waals surface area contributed by atoms with Gasteiger partial charge in [0.2, 0.25) is 0 Å². The fraction of sp³-hybridized carbons (Fsp3) is 0.400. The largest absolute Gasteiger partial charge is 0.376 e. The summed E-state index contributed by atoms with van der Waals surface area (Å²) in [7, 11) is 0. The van der Waals surface area contributed by atoms with Gasteiger partial charge in [-0.1, -0.05) is 31.2 Å². The average molecular weight is 243 g/mol. The molecule has 0 aliphatic carbocycles. The third-order valence-electron chi connectivity index (χ3n) is 3.38. The molecule has 0 saturated heterocycles. The summed E-state index contributed by atoms with van der Waals surface area (Å²) in [4.78, 5) is 0. The molecule has 3 heteroatoms. The highest BCUT2D eigenvalue weighted by atomic mass is 15.2. The Balaban J connectivity index is 2.14. The van der Waals surface area contributed by atoms with Crippen molar-refractivity contribution >= 4 is 5.69 Å². The standard InChI is InChI=1S/C15H21N3/c1-5-13-6-8-14(9-7-13)10(2)16-15-11(3)17-18-12(15)4/h6-10,16H,5H2,1-4H3,(H,17,18). The first-order valence-electron chi connectivity index (χ1n) is 6.48. The Morgan fingerprint density at radius 3 is 2.39 bits per heavy atom. The molecule has 1 aromatic carbocycles. The first-order chi connectivity index (χ1) is 8.61. The van der Waals surface area contributed by atoms with E-state index >= 15 is 0 Å². The predicted molar refractivity (Wildman–Crippen MR) is 75.9 cm³/mol. The summed E-state index contributed by atoms with van der Waals surface area (Å²) in [5.41, 5.74) is 5.89. The number of H-pyrrole nitrogens is 1. The maximum absolute atomic E-state index is 4.20. The van der Waals surface area contributed by atoms with E-state index in [1.54, 1.807) is 0 Å². The Hall–Kier alpha value is -1.77. The maximum Gasteiger partial charge on any atom is 0.0825 e. The molecule has 0 spiro atoms. The zero-order chi connectivity index (χ0) is 13.1. The van der Waals surface area contributed by atoms with E-state index in [2.05, 4.69) is 53.6 Å². The lowest BCUT2D eigenvalue weighted by molar-refractivity contribution is 0.878. The Labute approximate surface area is 109 Å². The number of aromatic nitrogens is 2. The van der Waals surface area contributed by atoms with Crippen molar-refractivity contribution in [1.29, 1.82) is 0 Å². The van der Waals surface area contributed by atoms with Crippen LogP contribution in [0.2, 0.25) is 0 Å². The number of rotatable bonds is 4. The van der Waals surface area contributed by atoms with Gasteiger partial charge in [0, 0.05) is 6.04 Å². The molecule has 0 radical (unpaired) electrons. The number of hydrogen-bond acceptors (Lipinski definition) is 2. The van der Waals surface area contributed by atoms with Crippen molar-refractivity contribution in [3.05, 3.63) is 46.8 Å². The third-order valence-corrected chi connectivity index (χ3v) is 3.38. The summed E-state index contributed by atoms with van der Waals surface area (Å²) in [5.74, 6) is 0. The third kappa shape index (κ3) is 2.55. The molecule has 0 aliphatic rings. The summed E-state index contributed by atoms with van der Waals surface area (Å²) in [6.45, 7) is 8.40. The second-order valence-corrected chi connectivity index (χ2v) is 4.77. The van der Waals surface area contributed by atoms with E-state index in [4.69, 9.17) is 0 Å². The number of nitrogens with one attached hydrogen (secondary N) is 2. The number of aryl methyl sites for hydroxylation is 3. The maximum atomic E-state index is 4.20. The molecule has 2 aromatic rings. The predicted octanol–water partition coefficient (Wildman–Crippen LogP) is 3.76. The van der Waals surface area contributed by atoms with Gasteiger partial charge in [-0.05, 0) is 38.3 Å². The summed E-state index contributed by atoms with van der Waals surface area (Å²) < 4.78 is 0. The molecule has 2 N–H and O–H groups in total. The van der Waals surface area contributed by atoms with Gasteiger partial charge in [-0.2, -0.15) is 5.10 Å². The Morgan fingerprint density at radius 2 is 1.89 bits per heavy atom. The normalized spacial score (nSPS) is 12.4. The van der Waals surface area contributed by atoms with Crippen molar-refractivity contribution in [1.82, 2.24) is 10.2 Å². The molecule has 0 bridgehead atoms. The molecule has 96 valence electrons. The minimum absolute atomic E-state index is 0.283. The summed E-state index contributed by atoms with van der Waals surface area (Å²) in [6.07, 6.45) is 1.09. The lowest BCUT2D eigenvalue weighted by Gasteiger charge is -2.16. The fourth-order valence-electron chi connectivity index (χ4n) is 2.11. The van der Waals surface area contributed by atoms with Crippen LogP contribution in [0.25, 0.3) is 0 Å². The van der Waals surface area contributed by atoms with E-state index in [1.165, 1.54) is 11.1 Å². The molecular weight excluding hydrogens is 222 g/mol. The molecule has 18 heavy (non-hydrogen) atoms. The Bertz CT molecular complexity index is 492. The quantitative estimate of drug-likeness (QED) is 0.858. The fourth-order valence-corrected chi connectivity index (χ4v) is 2.11. The van der Waals surface area contributed by atoms with Gasteiger partial charge in [0.1, 0.15) is 0 Å². The van der Waals surface area contributed by atoms with E-state index in [9.17, 15) is 0 Å². The van der Waals surface area contributed by atoms with Crippen LogP contribution in [0.4, 0.5) is 5.69 Å². The highest BCUT2D eigenvalue weighted by Crippen LogP contribution is 2.23. The molecular formula is C15H21N3. The highest BCUT2D eigenvalue weighted by Gasteiger charge is 2.10. The van der Waals surface area contributed by atoms with Crippen LogP contribution in [0.1, 0.15) is 42.4 Å². The van der Waals surface area contributed by atoms with Crippen LogP contribution < -0.4 is 5.32 Å². The smallest absolute Gasteiger partial charge is 0.0825 e. The zero-order valence-electron chi connectivity index (χ0n) is 11.5. The zero-order valence-corrected chi connectivity index (χ0v) is 11.5. The Kier molecular flexibility index (Phi) is 3.70. The van der Waals surface area contributed by atoms with E-state index in [1.807, 2.05) is 13.8 Å². The SMILES string of the molecule is CCc1ccc(C(C)Nc2c(C)n[nH]c2C)cc1. The molecule has 3 nitrogen and oxygen atoms in total. The van der Waals surface area contributed by atoms with Crippen LogP contribution in [0.5, 0.6) is 0 Å². The van der Waals surface area contributed by atoms with Crippen molar-refractivity contribution in [2.45, 2.75) is 40.2 Å². The number of hydrogen-bond donors (Lipinski definition) is 2. The van der Waals surface area contributed by atoms with Gasteiger partial charge >= 0.3 is 0 Å². The van der Waals surface area contributed by atoms with Crippen LogP contribution in [0.15, 0.2) is 24.3 Å². The topological polar surface area (TPSA) is 40.7 Å². The second kappa shape index (κ2) is 5.25. The van der Waals surface area contributed by atoms with Crippen LogP contribution in [0.3, 0.4) is 0 Å². The van der Waals surface area contributed by atoms with E-state index in [-0.39, 0.29) is 6.04 Å². The lowest BCUT2D eigenvalue weighted by atomic mass is 10.0. The average Bonchev–Trinajstić information content (AvgIpc) is 2.70. The number of benzene rings is 1. The van der Waals surface area contributed by atoms with Crippen molar-refractivity contribution in [3.8, 4) is 0 Å². The number of anilines is 1. The van der Waals surface area contributed by atoms with E-state index in [0.717, 1.165) is 23.5 Å². The molecule has 0 amide bonds. The summed E-state index contributed by atoms with van der Waals surface area (Å²) in [5, 5.41) is 10.7. The van der Waals surface area contributed by atoms with Crippen molar-refractivity contribution in [3.63, 3.8) is 0 Å². The van der Waals surface area contributed by atoms with Gasteiger partial charge < -0.3 is 5.32 Å². The van der Waals surface area contributed by atoms with Crippen molar-refractivity contribution in [2.75, 3.05) is 5.32 Å². The molecule has 1 atom stereocenters. The van der Waals surface area contributed by atoms with Crippen molar-refractivity contribution in [2.24, 2.45) is 0 Å². The van der Waals surface area contributed by atoms with Gasteiger partial charge in [0.25, 0.3) is 0 Å². The number of aromatic amines is 1. The molecule has 2 rings (SSSR count). The van der Waals surface area contributed by atoms with Gasteiger partial charge in [-0.25, -0.2) is 0 Å². The monoisotopic (exact) mass is 243 g/mol. The lowest BCUT2D eigenvalue weighted by Crippen LogP contribution is -2.07. The summed E-state index contributed by atoms with van der Waals surface area (Å²) in [6, 6.07) is 9.07. The summed E-state index contributed by atoms with van der Waals surface area (Å²) >= 11 is 0. The first-order valence-corrected chi connectivity index (χ1v) is 6.48.